The van der Waals surface area contributed by atoms with Gasteiger partial charge in [-0.2, -0.15) is 5.26 Å². The zero-order valence-corrected chi connectivity index (χ0v) is 10.0. The summed E-state index contributed by atoms with van der Waals surface area (Å²) in [6.45, 7) is 5.96. The van der Waals surface area contributed by atoms with Crippen LogP contribution in [0.15, 0.2) is 23.8 Å². The van der Waals surface area contributed by atoms with Crippen molar-refractivity contribution < 1.29 is 0 Å². The second-order valence-electron chi connectivity index (χ2n) is 3.52. The van der Waals surface area contributed by atoms with E-state index in [1.54, 1.807) is 0 Å². The summed E-state index contributed by atoms with van der Waals surface area (Å²) in [5.74, 6) is 0. The molecular formula is C13H14ClN. The molecular weight excluding hydrogens is 206 g/mol. The van der Waals surface area contributed by atoms with Crippen molar-refractivity contribution in [3.8, 4) is 6.07 Å². The molecule has 0 aliphatic carbocycles. The maximum Gasteiger partial charge on any atom is 0.0962 e. The van der Waals surface area contributed by atoms with Crippen LogP contribution in [0.1, 0.15) is 30.0 Å². The van der Waals surface area contributed by atoms with E-state index < -0.39 is 0 Å². The highest BCUT2D eigenvalue weighted by molar-refractivity contribution is 6.49. The number of halogens is 1. The zero-order chi connectivity index (χ0) is 11.4. The molecule has 1 nitrogen and oxygen atoms in total. The summed E-state index contributed by atoms with van der Waals surface area (Å²) in [6.07, 6.45) is 0.670. The quantitative estimate of drug-likeness (QED) is 0.685. The number of nitriles is 1. The van der Waals surface area contributed by atoms with Crippen molar-refractivity contribution in [3.63, 3.8) is 0 Å². The molecule has 0 spiro atoms. The highest BCUT2D eigenvalue weighted by Gasteiger charge is 2.10. The Balaban J connectivity index is 3.41. The Kier molecular flexibility index (Phi) is 3.94. The van der Waals surface area contributed by atoms with Crippen molar-refractivity contribution in [2.24, 2.45) is 0 Å². The van der Waals surface area contributed by atoms with Gasteiger partial charge in [0, 0.05) is 5.57 Å². The lowest BCUT2D eigenvalue weighted by Gasteiger charge is -2.09. The van der Waals surface area contributed by atoms with Gasteiger partial charge in [0.2, 0.25) is 0 Å². The van der Waals surface area contributed by atoms with Crippen LogP contribution in [-0.2, 0) is 0 Å². The van der Waals surface area contributed by atoms with E-state index in [2.05, 4.69) is 6.07 Å². The molecule has 1 aromatic rings. The van der Waals surface area contributed by atoms with Gasteiger partial charge in [-0.15, -0.1) is 0 Å². The van der Waals surface area contributed by atoms with E-state index in [1.807, 2.05) is 39.0 Å². The van der Waals surface area contributed by atoms with Crippen LogP contribution in [0.25, 0.3) is 5.03 Å². The first-order chi connectivity index (χ1) is 7.11. The van der Waals surface area contributed by atoms with Gasteiger partial charge in [-0.25, -0.2) is 0 Å². The van der Waals surface area contributed by atoms with Gasteiger partial charge in [-0.3, -0.25) is 0 Å². The standard InChI is InChI=1S/C13H14ClN/c1-4-11(8-15)13(14)12-9(2)6-5-7-10(12)3/h5-7H,4H2,1-3H3/b13-11-. The fourth-order valence-corrected chi connectivity index (χ4v) is 2.07. The van der Waals surface area contributed by atoms with Gasteiger partial charge in [0.15, 0.2) is 0 Å². The number of allylic oxidation sites excluding steroid dienone is 1. The number of hydrogen-bond acceptors (Lipinski definition) is 1. The molecule has 0 N–H and O–H groups in total. The highest BCUT2D eigenvalue weighted by atomic mass is 35.5. The molecule has 0 saturated heterocycles. The summed E-state index contributed by atoms with van der Waals surface area (Å²) in [7, 11) is 0. The molecule has 1 rings (SSSR count). The molecule has 78 valence electrons. The monoisotopic (exact) mass is 219 g/mol. The Hall–Kier alpha value is -1.26. The molecule has 15 heavy (non-hydrogen) atoms. The van der Waals surface area contributed by atoms with E-state index in [1.165, 1.54) is 0 Å². The second kappa shape index (κ2) is 5.00. The molecule has 0 fully saturated rings. The average Bonchev–Trinajstić information content (AvgIpc) is 2.19. The molecule has 0 saturated carbocycles. The van der Waals surface area contributed by atoms with Crippen molar-refractivity contribution in [1.29, 1.82) is 5.26 Å². The van der Waals surface area contributed by atoms with Crippen molar-refractivity contribution in [2.45, 2.75) is 27.2 Å². The topological polar surface area (TPSA) is 23.8 Å². The smallest absolute Gasteiger partial charge is 0.0962 e. The van der Waals surface area contributed by atoms with Crippen LogP contribution in [0.3, 0.4) is 0 Å². The highest BCUT2D eigenvalue weighted by Crippen LogP contribution is 2.29. The summed E-state index contributed by atoms with van der Waals surface area (Å²) >= 11 is 6.24. The molecule has 0 bridgehead atoms. The Morgan fingerprint density at radius 3 is 2.27 bits per heavy atom. The summed E-state index contributed by atoms with van der Waals surface area (Å²) in [4.78, 5) is 0. The maximum absolute atomic E-state index is 8.95. The molecule has 0 unspecified atom stereocenters. The van der Waals surface area contributed by atoms with Gasteiger partial charge in [-0.1, -0.05) is 36.7 Å². The van der Waals surface area contributed by atoms with Crippen LogP contribution in [0.5, 0.6) is 0 Å². The van der Waals surface area contributed by atoms with Crippen molar-refractivity contribution >= 4 is 16.6 Å². The van der Waals surface area contributed by atoms with E-state index in [4.69, 9.17) is 16.9 Å². The first-order valence-corrected chi connectivity index (χ1v) is 5.35. The number of rotatable bonds is 2. The molecule has 2 heteroatoms. The predicted molar refractivity (Wildman–Crippen MR) is 64.6 cm³/mol. The SMILES string of the molecule is CC/C(C#N)=C(/Cl)c1c(C)cccc1C. The minimum Gasteiger partial charge on any atom is -0.193 e. The molecule has 0 aliphatic rings. The van der Waals surface area contributed by atoms with Crippen LogP contribution >= 0.6 is 11.6 Å². The van der Waals surface area contributed by atoms with Crippen LogP contribution in [0.2, 0.25) is 0 Å². The lowest BCUT2D eigenvalue weighted by Crippen LogP contribution is -1.91. The van der Waals surface area contributed by atoms with Crippen LogP contribution in [0, 0.1) is 25.2 Å². The number of nitrogens with zero attached hydrogens (tertiary/aromatic N) is 1. The van der Waals surface area contributed by atoms with Gasteiger partial charge in [-0.05, 0) is 37.0 Å². The lowest BCUT2D eigenvalue weighted by atomic mass is 10.00. The predicted octanol–water partition coefficient (Wildman–Crippen LogP) is 4.19. The molecule has 0 aliphatic heterocycles. The Bertz CT molecular complexity index is 418. The summed E-state index contributed by atoms with van der Waals surface area (Å²) in [5.41, 5.74) is 3.87. The summed E-state index contributed by atoms with van der Waals surface area (Å²) in [6, 6.07) is 8.17. The maximum atomic E-state index is 8.95. The zero-order valence-electron chi connectivity index (χ0n) is 9.26. The molecule has 0 radical (unpaired) electrons. The van der Waals surface area contributed by atoms with Crippen molar-refractivity contribution in [2.75, 3.05) is 0 Å². The third-order valence-electron chi connectivity index (χ3n) is 2.45. The third kappa shape index (κ3) is 2.40. The fraction of sp³-hybridized carbons (Fsp3) is 0.308. The Morgan fingerprint density at radius 2 is 1.87 bits per heavy atom. The van der Waals surface area contributed by atoms with E-state index in [-0.39, 0.29) is 0 Å². The Labute approximate surface area is 96.0 Å². The fourth-order valence-electron chi connectivity index (χ4n) is 1.59. The Morgan fingerprint density at radius 1 is 1.33 bits per heavy atom. The van der Waals surface area contributed by atoms with E-state index in [0.29, 0.717) is 17.0 Å². The average molecular weight is 220 g/mol. The molecule has 0 atom stereocenters. The van der Waals surface area contributed by atoms with Crippen molar-refractivity contribution in [1.82, 2.24) is 0 Å². The van der Waals surface area contributed by atoms with Crippen molar-refractivity contribution in [3.05, 3.63) is 40.5 Å². The molecule has 0 heterocycles. The van der Waals surface area contributed by atoms with Crippen LogP contribution < -0.4 is 0 Å². The van der Waals surface area contributed by atoms with Crippen LogP contribution in [0.4, 0.5) is 0 Å². The molecule has 0 amide bonds. The minimum atomic E-state index is 0.593. The third-order valence-corrected chi connectivity index (χ3v) is 2.87. The molecule has 0 aromatic heterocycles. The number of hydrogen-bond donors (Lipinski definition) is 0. The van der Waals surface area contributed by atoms with Gasteiger partial charge in [0.25, 0.3) is 0 Å². The first kappa shape index (κ1) is 11.8. The first-order valence-electron chi connectivity index (χ1n) is 4.97. The summed E-state index contributed by atoms with van der Waals surface area (Å²) < 4.78 is 0. The largest absolute Gasteiger partial charge is 0.193 e. The van der Waals surface area contributed by atoms with Gasteiger partial charge in [0.05, 0.1) is 11.1 Å². The normalized spacial score (nSPS) is 11.9. The lowest BCUT2D eigenvalue weighted by molar-refractivity contribution is 1.16. The second-order valence-corrected chi connectivity index (χ2v) is 3.90. The number of aryl methyl sites for hydroxylation is 2. The summed E-state index contributed by atoms with van der Waals surface area (Å²) in [5, 5.41) is 9.54. The van der Waals surface area contributed by atoms with Gasteiger partial charge < -0.3 is 0 Å². The number of benzene rings is 1. The van der Waals surface area contributed by atoms with Gasteiger partial charge in [0.1, 0.15) is 0 Å². The van der Waals surface area contributed by atoms with Gasteiger partial charge >= 0.3 is 0 Å². The molecule has 1 aromatic carbocycles. The van der Waals surface area contributed by atoms with E-state index >= 15 is 0 Å². The van der Waals surface area contributed by atoms with Crippen LogP contribution in [-0.4, -0.2) is 0 Å². The minimum absolute atomic E-state index is 0.593. The van der Waals surface area contributed by atoms with E-state index in [9.17, 15) is 0 Å². The van der Waals surface area contributed by atoms with E-state index in [0.717, 1.165) is 16.7 Å².